The Morgan fingerprint density at radius 2 is 1.95 bits per heavy atom. The molecule has 0 N–H and O–H groups in total. The normalized spacial score (nSPS) is 16.8. The Morgan fingerprint density at radius 3 is 2.62 bits per heavy atom. The van der Waals surface area contributed by atoms with Crippen molar-refractivity contribution in [3.8, 4) is 0 Å². The van der Waals surface area contributed by atoms with E-state index < -0.39 is 0 Å². The van der Waals surface area contributed by atoms with Crippen LogP contribution in [0.2, 0.25) is 0 Å². The van der Waals surface area contributed by atoms with Gasteiger partial charge in [-0.15, -0.1) is 12.4 Å². The summed E-state index contributed by atoms with van der Waals surface area (Å²) in [5, 5.41) is 0. The van der Waals surface area contributed by atoms with Crippen LogP contribution in [0.5, 0.6) is 0 Å². The number of halogens is 1. The Kier molecular flexibility index (Phi) is 8.35. The summed E-state index contributed by atoms with van der Waals surface area (Å²) in [6, 6.07) is 10.0. The predicted molar refractivity (Wildman–Crippen MR) is 84.8 cm³/mol. The maximum absolute atomic E-state index is 11.8. The molecule has 1 aliphatic heterocycles. The fourth-order valence-electron chi connectivity index (χ4n) is 2.36. The average molecular weight is 314 g/mol. The van der Waals surface area contributed by atoms with Gasteiger partial charge in [-0.05, 0) is 18.9 Å². The van der Waals surface area contributed by atoms with Gasteiger partial charge in [0.2, 0.25) is 0 Å². The molecule has 1 atom stereocenters. The number of rotatable bonds is 6. The van der Waals surface area contributed by atoms with Gasteiger partial charge in [-0.2, -0.15) is 0 Å². The summed E-state index contributed by atoms with van der Waals surface area (Å²) in [7, 11) is 0. The Hall–Kier alpha value is -1.10. The number of aryl methyl sites for hydroxylation is 1. The van der Waals surface area contributed by atoms with Crippen molar-refractivity contribution >= 4 is 18.4 Å². The van der Waals surface area contributed by atoms with Crippen LogP contribution in [0.25, 0.3) is 0 Å². The quantitative estimate of drug-likeness (QED) is 0.756. The number of nitrogens with zero attached hydrogens (tertiary/aromatic N) is 1. The van der Waals surface area contributed by atoms with Crippen molar-refractivity contribution in [2.24, 2.45) is 0 Å². The molecule has 2 rings (SSSR count). The molecule has 21 heavy (non-hydrogen) atoms. The Labute approximate surface area is 132 Å². The maximum atomic E-state index is 11.8. The number of morpholine rings is 1. The largest absolute Gasteiger partial charge is 0.461 e. The number of hydrogen-bond donors (Lipinski definition) is 0. The third kappa shape index (κ3) is 6.93. The van der Waals surface area contributed by atoms with Gasteiger partial charge in [0.05, 0.1) is 13.2 Å². The highest BCUT2D eigenvalue weighted by atomic mass is 35.5. The average Bonchev–Trinajstić information content (AvgIpc) is 2.47. The van der Waals surface area contributed by atoms with Crippen LogP contribution >= 0.6 is 12.4 Å². The molecule has 5 heteroatoms. The zero-order valence-electron chi connectivity index (χ0n) is 12.5. The minimum Gasteiger partial charge on any atom is -0.461 e. The van der Waals surface area contributed by atoms with Crippen LogP contribution in [0, 0.1) is 0 Å². The Balaban J connectivity index is 0.00000220. The van der Waals surface area contributed by atoms with E-state index in [-0.39, 0.29) is 24.5 Å². The van der Waals surface area contributed by atoms with E-state index in [9.17, 15) is 4.79 Å². The number of hydrogen-bond acceptors (Lipinski definition) is 4. The van der Waals surface area contributed by atoms with Crippen LogP contribution in [-0.2, 0) is 20.7 Å². The molecular formula is C16H24ClNO3. The molecule has 0 spiro atoms. The summed E-state index contributed by atoms with van der Waals surface area (Å²) >= 11 is 0. The summed E-state index contributed by atoms with van der Waals surface area (Å²) in [6.07, 6.45) is 1.12. The molecule has 1 saturated heterocycles. The van der Waals surface area contributed by atoms with E-state index in [4.69, 9.17) is 9.47 Å². The minimum absolute atomic E-state index is 0. The van der Waals surface area contributed by atoms with Gasteiger partial charge in [-0.25, -0.2) is 0 Å². The van der Waals surface area contributed by atoms with Gasteiger partial charge in [0, 0.05) is 26.1 Å². The summed E-state index contributed by atoms with van der Waals surface area (Å²) in [4.78, 5) is 14.1. The molecule has 1 unspecified atom stereocenters. The zero-order valence-corrected chi connectivity index (χ0v) is 13.3. The van der Waals surface area contributed by atoms with E-state index in [0.29, 0.717) is 6.42 Å². The lowest BCUT2D eigenvalue weighted by molar-refractivity contribution is -0.149. The fourth-order valence-corrected chi connectivity index (χ4v) is 2.36. The van der Waals surface area contributed by atoms with Crippen LogP contribution < -0.4 is 0 Å². The molecule has 0 bridgehead atoms. The lowest BCUT2D eigenvalue weighted by Gasteiger charge is -2.28. The minimum atomic E-state index is -0.116. The third-order valence-electron chi connectivity index (χ3n) is 3.41. The van der Waals surface area contributed by atoms with Crippen LogP contribution in [0.1, 0.15) is 18.9 Å². The topological polar surface area (TPSA) is 38.8 Å². The van der Waals surface area contributed by atoms with Crippen LogP contribution in [-0.4, -0.2) is 49.8 Å². The SMILES string of the molecule is CC(CN1CCOCC1)OC(=O)CCc1ccccc1.Cl. The first-order valence-corrected chi connectivity index (χ1v) is 7.27. The standard InChI is InChI=1S/C16H23NO3.ClH/c1-14(13-17-9-11-19-12-10-17)20-16(18)8-7-15-5-3-2-4-6-15;/h2-6,14H,7-13H2,1H3;1H. The monoisotopic (exact) mass is 313 g/mol. The summed E-state index contributed by atoms with van der Waals surface area (Å²) in [5.74, 6) is -0.116. The molecule has 0 saturated carbocycles. The van der Waals surface area contributed by atoms with Crippen molar-refractivity contribution < 1.29 is 14.3 Å². The highest BCUT2D eigenvalue weighted by Gasteiger charge is 2.16. The fraction of sp³-hybridized carbons (Fsp3) is 0.562. The molecule has 1 fully saturated rings. The lowest BCUT2D eigenvalue weighted by Crippen LogP contribution is -2.41. The van der Waals surface area contributed by atoms with Crippen molar-refractivity contribution in [3.63, 3.8) is 0 Å². The number of ether oxygens (including phenoxy) is 2. The predicted octanol–water partition coefficient (Wildman–Crippen LogP) is 2.30. The molecule has 1 aromatic carbocycles. The van der Waals surface area contributed by atoms with Gasteiger partial charge >= 0.3 is 5.97 Å². The maximum Gasteiger partial charge on any atom is 0.306 e. The number of carbonyl (C=O) groups excluding carboxylic acids is 1. The molecule has 0 aliphatic carbocycles. The van der Waals surface area contributed by atoms with Crippen molar-refractivity contribution in [2.45, 2.75) is 25.9 Å². The number of benzene rings is 1. The second-order valence-electron chi connectivity index (χ2n) is 5.20. The molecule has 1 heterocycles. The first-order valence-electron chi connectivity index (χ1n) is 7.27. The van der Waals surface area contributed by atoms with Crippen molar-refractivity contribution in [1.82, 2.24) is 4.90 Å². The summed E-state index contributed by atoms with van der Waals surface area (Å²) < 4.78 is 10.8. The Bertz CT molecular complexity index is 407. The van der Waals surface area contributed by atoms with Gasteiger partial charge in [0.1, 0.15) is 6.10 Å². The van der Waals surface area contributed by atoms with E-state index in [1.54, 1.807) is 0 Å². The number of esters is 1. The molecule has 4 nitrogen and oxygen atoms in total. The van der Waals surface area contributed by atoms with E-state index in [0.717, 1.165) is 39.3 Å². The summed E-state index contributed by atoms with van der Waals surface area (Å²) in [6.45, 7) is 6.14. The summed E-state index contributed by atoms with van der Waals surface area (Å²) in [5.41, 5.74) is 1.17. The van der Waals surface area contributed by atoms with E-state index >= 15 is 0 Å². The zero-order chi connectivity index (χ0) is 14.2. The third-order valence-corrected chi connectivity index (χ3v) is 3.41. The molecule has 0 aromatic heterocycles. The van der Waals surface area contributed by atoms with Gasteiger partial charge in [-0.3, -0.25) is 9.69 Å². The van der Waals surface area contributed by atoms with Crippen LogP contribution in [0.15, 0.2) is 30.3 Å². The van der Waals surface area contributed by atoms with Crippen molar-refractivity contribution in [1.29, 1.82) is 0 Å². The van der Waals surface area contributed by atoms with Gasteiger partial charge in [0.15, 0.2) is 0 Å². The van der Waals surface area contributed by atoms with Gasteiger partial charge in [-0.1, -0.05) is 30.3 Å². The first kappa shape index (κ1) is 18.0. The molecule has 1 aliphatic rings. The first-order chi connectivity index (χ1) is 9.74. The van der Waals surface area contributed by atoms with Crippen molar-refractivity contribution in [2.75, 3.05) is 32.8 Å². The highest BCUT2D eigenvalue weighted by molar-refractivity contribution is 5.85. The second-order valence-corrected chi connectivity index (χ2v) is 5.20. The molecule has 0 radical (unpaired) electrons. The number of carbonyl (C=O) groups is 1. The van der Waals surface area contributed by atoms with Crippen LogP contribution in [0.4, 0.5) is 0 Å². The highest BCUT2D eigenvalue weighted by Crippen LogP contribution is 2.06. The van der Waals surface area contributed by atoms with Gasteiger partial charge in [0.25, 0.3) is 0 Å². The lowest BCUT2D eigenvalue weighted by atomic mass is 10.1. The van der Waals surface area contributed by atoms with E-state index in [1.807, 2.05) is 37.3 Å². The Morgan fingerprint density at radius 1 is 1.29 bits per heavy atom. The smallest absolute Gasteiger partial charge is 0.306 e. The van der Waals surface area contributed by atoms with E-state index in [2.05, 4.69) is 4.90 Å². The molecule has 1 aromatic rings. The second kappa shape index (κ2) is 9.77. The van der Waals surface area contributed by atoms with Crippen molar-refractivity contribution in [3.05, 3.63) is 35.9 Å². The molecular weight excluding hydrogens is 290 g/mol. The van der Waals surface area contributed by atoms with Crippen LogP contribution in [0.3, 0.4) is 0 Å². The van der Waals surface area contributed by atoms with E-state index in [1.165, 1.54) is 5.56 Å². The molecule has 0 amide bonds. The molecule has 118 valence electrons. The van der Waals surface area contributed by atoms with Gasteiger partial charge < -0.3 is 9.47 Å².